The molecule has 0 spiro atoms. The normalized spacial score (nSPS) is 12.8. The minimum Gasteiger partial charge on any atom is -0.416 e. The lowest BCUT2D eigenvalue weighted by Crippen LogP contribution is -2.17. The Balaban J connectivity index is 4.54. The van der Waals surface area contributed by atoms with Crippen molar-refractivity contribution in [2.75, 3.05) is 0 Å². The lowest BCUT2D eigenvalue weighted by atomic mass is 9.86. The van der Waals surface area contributed by atoms with Gasteiger partial charge in [0.25, 0.3) is 0 Å². The molecule has 0 aromatic rings. The number of rotatable bonds is 5. The SMILES string of the molecule is CCC(CC)C(C)C(ON)=C(C)C. The second kappa shape index (κ2) is 6.03. The number of allylic oxidation sites excluding steroid dienone is 2. The van der Waals surface area contributed by atoms with Gasteiger partial charge in [-0.3, -0.25) is 0 Å². The lowest BCUT2D eigenvalue weighted by molar-refractivity contribution is 0.156. The Morgan fingerprint density at radius 2 is 1.69 bits per heavy atom. The van der Waals surface area contributed by atoms with Gasteiger partial charge in [-0.2, -0.15) is 5.90 Å². The van der Waals surface area contributed by atoms with Crippen LogP contribution in [-0.4, -0.2) is 0 Å². The van der Waals surface area contributed by atoms with Crippen LogP contribution in [0.25, 0.3) is 0 Å². The van der Waals surface area contributed by atoms with E-state index in [1.807, 2.05) is 13.8 Å². The Morgan fingerprint density at radius 3 is 1.92 bits per heavy atom. The predicted molar refractivity (Wildman–Crippen MR) is 56.9 cm³/mol. The van der Waals surface area contributed by atoms with Gasteiger partial charge < -0.3 is 4.84 Å². The summed E-state index contributed by atoms with van der Waals surface area (Å²) in [6, 6.07) is 0. The molecule has 2 N–H and O–H groups in total. The number of hydrogen-bond acceptors (Lipinski definition) is 2. The van der Waals surface area contributed by atoms with Gasteiger partial charge in [0, 0.05) is 5.92 Å². The summed E-state index contributed by atoms with van der Waals surface area (Å²) < 4.78 is 0. The van der Waals surface area contributed by atoms with Crippen LogP contribution in [0.3, 0.4) is 0 Å². The van der Waals surface area contributed by atoms with Crippen LogP contribution < -0.4 is 5.90 Å². The molecule has 0 aliphatic heterocycles. The first kappa shape index (κ1) is 12.5. The van der Waals surface area contributed by atoms with Gasteiger partial charge in [0.15, 0.2) is 0 Å². The van der Waals surface area contributed by atoms with E-state index >= 15 is 0 Å². The molecule has 13 heavy (non-hydrogen) atoms. The van der Waals surface area contributed by atoms with E-state index in [-0.39, 0.29) is 0 Å². The fourth-order valence-corrected chi connectivity index (χ4v) is 1.89. The fourth-order valence-electron chi connectivity index (χ4n) is 1.89. The van der Waals surface area contributed by atoms with Crippen molar-refractivity contribution in [3.63, 3.8) is 0 Å². The van der Waals surface area contributed by atoms with Gasteiger partial charge in [-0.15, -0.1) is 0 Å². The minimum absolute atomic E-state index is 0.435. The van der Waals surface area contributed by atoms with Crippen LogP contribution in [0.5, 0.6) is 0 Å². The Labute approximate surface area is 82.1 Å². The highest BCUT2D eigenvalue weighted by atomic mass is 16.6. The van der Waals surface area contributed by atoms with E-state index in [0.29, 0.717) is 11.8 Å². The highest BCUT2D eigenvalue weighted by Crippen LogP contribution is 2.27. The summed E-state index contributed by atoms with van der Waals surface area (Å²) in [6.45, 7) is 10.7. The summed E-state index contributed by atoms with van der Waals surface area (Å²) in [6.07, 6.45) is 2.36. The van der Waals surface area contributed by atoms with Gasteiger partial charge in [-0.25, -0.2) is 0 Å². The molecule has 1 unspecified atom stereocenters. The van der Waals surface area contributed by atoms with E-state index in [1.165, 1.54) is 18.4 Å². The lowest BCUT2D eigenvalue weighted by Gasteiger charge is -2.23. The van der Waals surface area contributed by atoms with Crippen LogP contribution in [0.15, 0.2) is 11.3 Å². The van der Waals surface area contributed by atoms with Crippen molar-refractivity contribution in [3.05, 3.63) is 11.3 Å². The van der Waals surface area contributed by atoms with Crippen LogP contribution in [0.2, 0.25) is 0 Å². The molecule has 1 atom stereocenters. The summed E-state index contributed by atoms with van der Waals surface area (Å²) in [4.78, 5) is 4.94. The minimum atomic E-state index is 0.435. The molecule has 0 saturated carbocycles. The zero-order valence-corrected chi connectivity index (χ0v) is 9.55. The van der Waals surface area contributed by atoms with Crippen LogP contribution in [0.4, 0.5) is 0 Å². The van der Waals surface area contributed by atoms with Crippen molar-refractivity contribution in [1.29, 1.82) is 0 Å². The highest BCUT2D eigenvalue weighted by Gasteiger charge is 2.19. The average molecular weight is 185 g/mol. The molecule has 0 aromatic heterocycles. The van der Waals surface area contributed by atoms with Gasteiger partial charge in [0.1, 0.15) is 5.76 Å². The van der Waals surface area contributed by atoms with Crippen molar-refractivity contribution in [2.24, 2.45) is 17.7 Å². The Kier molecular flexibility index (Phi) is 5.80. The zero-order chi connectivity index (χ0) is 10.4. The van der Waals surface area contributed by atoms with Gasteiger partial charge in [-0.05, 0) is 25.3 Å². The summed E-state index contributed by atoms with van der Waals surface area (Å²) in [5.41, 5.74) is 1.18. The largest absolute Gasteiger partial charge is 0.416 e. The Bertz CT molecular complexity index is 167. The molecule has 0 aliphatic carbocycles. The molecular formula is C11H23NO. The summed E-state index contributed by atoms with van der Waals surface area (Å²) in [5, 5.41) is 0. The van der Waals surface area contributed by atoms with Crippen LogP contribution in [0, 0.1) is 11.8 Å². The van der Waals surface area contributed by atoms with Crippen molar-refractivity contribution in [3.8, 4) is 0 Å². The average Bonchev–Trinajstić information content (AvgIpc) is 2.07. The van der Waals surface area contributed by atoms with Crippen molar-refractivity contribution in [1.82, 2.24) is 0 Å². The molecule has 0 heterocycles. The second-order valence-corrected chi connectivity index (χ2v) is 3.85. The smallest absolute Gasteiger partial charge is 0.125 e. The van der Waals surface area contributed by atoms with Gasteiger partial charge in [0.05, 0.1) is 0 Å². The Hall–Kier alpha value is -0.500. The molecule has 0 bridgehead atoms. The van der Waals surface area contributed by atoms with E-state index in [1.54, 1.807) is 0 Å². The number of hydrogen-bond donors (Lipinski definition) is 1. The van der Waals surface area contributed by atoms with Gasteiger partial charge >= 0.3 is 0 Å². The molecule has 0 saturated heterocycles. The molecule has 2 nitrogen and oxygen atoms in total. The Morgan fingerprint density at radius 1 is 1.23 bits per heavy atom. The van der Waals surface area contributed by atoms with Crippen molar-refractivity contribution >= 4 is 0 Å². The fraction of sp³-hybridized carbons (Fsp3) is 0.818. The first-order chi connectivity index (χ1) is 6.08. The molecule has 2 heteroatoms. The molecule has 0 radical (unpaired) electrons. The van der Waals surface area contributed by atoms with Crippen LogP contribution in [-0.2, 0) is 4.84 Å². The van der Waals surface area contributed by atoms with Gasteiger partial charge in [0.2, 0.25) is 0 Å². The molecule has 0 amide bonds. The molecule has 0 aromatic carbocycles. The first-order valence-corrected chi connectivity index (χ1v) is 5.12. The van der Waals surface area contributed by atoms with E-state index in [4.69, 9.17) is 10.7 Å². The van der Waals surface area contributed by atoms with E-state index < -0.39 is 0 Å². The van der Waals surface area contributed by atoms with Crippen LogP contribution in [0.1, 0.15) is 47.5 Å². The van der Waals surface area contributed by atoms with Crippen molar-refractivity contribution < 1.29 is 4.84 Å². The maximum absolute atomic E-state index is 5.26. The quantitative estimate of drug-likeness (QED) is 0.527. The third kappa shape index (κ3) is 3.39. The third-order valence-corrected chi connectivity index (χ3v) is 2.79. The van der Waals surface area contributed by atoms with Gasteiger partial charge in [-0.1, -0.05) is 33.6 Å². The third-order valence-electron chi connectivity index (χ3n) is 2.79. The predicted octanol–water partition coefficient (Wildman–Crippen LogP) is 3.24. The highest BCUT2D eigenvalue weighted by molar-refractivity contribution is 5.06. The maximum Gasteiger partial charge on any atom is 0.125 e. The molecule has 78 valence electrons. The van der Waals surface area contributed by atoms with E-state index in [0.717, 1.165) is 5.76 Å². The second-order valence-electron chi connectivity index (χ2n) is 3.85. The summed E-state index contributed by atoms with van der Waals surface area (Å²) >= 11 is 0. The monoisotopic (exact) mass is 185 g/mol. The maximum atomic E-state index is 5.26. The first-order valence-electron chi connectivity index (χ1n) is 5.12. The van der Waals surface area contributed by atoms with E-state index in [2.05, 4.69) is 20.8 Å². The molecule has 0 fully saturated rings. The van der Waals surface area contributed by atoms with Crippen LogP contribution >= 0.6 is 0 Å². The van der Waals surface area contributed by atoms with E-state index in [9.17, 15) is 0 Å². The molecule has 0 aliphatic rings. The molecular weight excluding hydrogens is 162 g/mol. The van der Waals surface area contributed by atoms with Crippen molar-refractivity contribution in [2.45, 2.75) is 47.5 Å². The topological polar surface area (TPSA) is 35.2 Å². The standard InChI is InChI=1S/C11H23NO/c1-6-10(7-2)9(5)11(13-12)8(3)4/h9-10H,6-7,12H2,1-5H3. The zero-order valence-electron chi connectivity index (χ0n) is 9.55. The number of nitrogens with two attached hydrogens (primary N) is 1. The molecule has 0 rings (SSSR count). The summed E-state index contributed by atoms with van der Waals surface area (Å²) in [7, 11) is 0. The summed E-state index contributed by atoms with van der Waals surface area (Å²) in [5.74, 6) is 7.33.